The summed E-state index contributed by atoms with van der Waals surface area (Å²) in [6.07, 6.45) is 1.39. The van der Waals surface area contributed by atoms with Crippen molar-refractivity contribution in [2.75, 3.05) is 7.11 Å². The van der Waals surface area contributed by atoms with Gasteiger partial charge in [0, 0.05) is 4.47 Å². The lowest BCUT2D eigenvalue weighted by Crippen LogP contribution is -2.17. The summed E-state index contributed by atoms with van der Waals surface area (Å²) in [7, 11) is 1.43. The van der Waals surface area contributed by atoms with Crippen LogP contribution in [0.3, 0.4) is 0 Å². The van der Waals surface area contributed by atoms with Crippen LogP contribution < -0.4 is 10.2 Å². The minimum Gasteiger partial charge on any atom is -0.507 e. The Bertz CT molecular complexity index is 778. The summed E-state index contributed by atoms with van der Waals surface area (Å²) >= 11 is 6.42. The molecular formula is C15H12Br2N2O4. The first kappa shape index (κ1) is 17.3. The maximum atomic E-state index is 12.0. The number of nitrogens with zero attached hydrogens (tertiary/aromatic N) is 1. The van der Waals surface area contributed by atoms with Gasteiger partial charge in [-0.25, -0.2) is 5.43 Å². The number of ether oxygens (including phenoxy) is 1. The first-order valence-corrected chi connectivity index (χ1v) is 7.89. The number of rotatable bonds is 4. The predicted octanol–water partition coefficient (Wildman–Crippen LogP) is 3.40. The lowest BCUT2D eigenvalue weighted by molar-refractivity contribution is 0.0952. The Kier molecular flexibility index (Phi) is 5.62. The number of benzene rings is 2. The first-order chi connectivity index (χ1) is 10.9. The van der Waals surface area contributed by atoms with Gasteiger partial charge in [-0.05, 0) is 51.8 Å². The minimum atomic E-state index is -0.551. The predicted molar refractivity (Wildman–Crippen MR) is 93.2 cm³/mol. The highest BCUT2D eigenvalue weighted by molar-refractivity contribution is 9.10. The summed E-state index contributed by atoms with van der Waals surface area (Å²) in [6, 6.07) is 7.69. The maximum Gasteiger partial charge on any atom is 0.275 e. The van der Waals surface area contributed by atoms with E-state index in [2.05, 4.69) is 42.4 Å². The molecule has 1 amide bonds. The lowest BCUT2D eigenvalue weighted by Gasteiger charge is -2.06. The second-order valence-corrected chi connectivity index (χ2v) is 6.18. The summed E-state index contributed by atoms with van der Waals surface area (Å²) in [5, 5.41) is 23.2. The molecule has 0 aromatic heterocycles. The largest absolute Gasteiger partial charge is 0.507 e. The van der Waals surface area contributed by atoms with E-state index in [0.717, 1.165) is 0 Å². The normalized spacial score (nSPS) is 10.7. The van der Waals surface area contributed by atoms with E-state index in [1.807, 2.05) is 0 Å². The maximum absolute atomic E-state index is 12.0. The number of methoxy groups -OCH3 is 1. The number of phenols is 2. The summed E-state index contributed by atoms with van der Waals surface area (Å²) in [5.74, 6) is -0.440. The third-order valence-electron chi connectivity index (χ3n) is 2.85. The van der Waals surface area contributed by atoms with Crippen LogP contribution in [0.25, 0.3) is 0 Å². The van der Waals surface area contributed by atoms with Crippen molar-refractivity contribution in [3.63, 3.8) is 0 Å². The van der Waals surface area contributed by atoms with Crippen LogP contribution in [0.5, 0.6) is 17.2 Å². The number of nitrogens with one attached hydrogen (secondary N) is 1. The van der Waals surface area contributed by atoms with E-state index in [1.165, 1.54) is 25.5 Å². The Morgan fingerprint density at radius 2 is 2.00 bits per heavy atom. The van der Waals surface area contributed by atoms with Gasteiger partial charge in [0.1, 0.15) is 5.75 Å². The lowest BCUT2D eigenvalue weighted by atomic mass is 10.2. The Morgan fingerprint density at radius 1 is 1.26 bits per heavy atom. The number of hydrogen-bond donors (Lipinski definition) is 3. The van der Waals surface area contributed by atoms with Crippen LogP contribution in [-0.2, 0) is 0 Å². The zero-order valence-electron chi connectivity index (χ0n) is 11.9. The molecule has 0 aliphatic rings. The number of aromatic hydroxyl groups is 2. The second-order valence-electron chi connectivity index (χ2n) is 4.41. The van der Waals surface area contributed by atoms with Gasteiger partial charge in [0.25, 0.3) is 5.91 Å². The average molecular weight is 444 g/mol. The summed E-state index contributed by atoms with van der Waals surface area (Å²) in [6.45, 7) is 0. The first-order valence-electron chi connectivity index (χ1n) is 6.30. The Hall–Kier alpha value is -2.06. The molecule has 23 heavy (non-hydrogen) atoms. The standard InChI is InChI=1S/C15H12Br2N2O4/c1-23-13-5-8(4-11(17)14(13)21)7-18-19-15(22)10-6-9(16)2-3-12(10)20/h2-7,20-21H,1H3,(H,19,22)/b18-7+. The van der Waals surface area contributed by atoms with Crippen molar-refractivity contribution in [2.24, 2.45) is 5.10 Å². The molecule has 0 spiro atoms. The van der Waals surface area contributed by atoms with E-state index in [-0.39, 0.29) is 22.8 Å². The van der Waals surface area contributed by atoms with Gasteiger partial charge in [0.05, 0.1) is 23.4 Å². The van der Waals surface area contributed by atoms with Gasteiger partial charge in [-0.2, -0.15) is 5.10 Å². The third kappa shape index (κ3) is 4.23. The molecule has 8 heteroatoms. The topological polar surface area (TPSA) is 91.2 Å². The van der Waals surface area contributed by atoms with Gasteiger partial charge in [-0.15, -0.1) is 0 Å². The minimum absolute atomic E-state index is 0.0206. The molecule has 0 radical (unpaired) electrons. The zero-order chi connectivity index (χ0) is 17.0. The van der Waals surface area contributed by atoms with E-state index >= 15 is 0 Å². The quantitative estimate of drug-likeness (QED) is 0.498. The highest BCUT2D eigenvalue weighted by Crippen LogP contribution is 2.34. The van der Waals surface area contributed by atoms with Crippen LogP contribution in [0.4, 0.5) is 0 Å². The van der Waals surface area contributed by atoms with Crippen molar-refractivity contribution in [2.45, 2.75) is 0 Å². The zero-order valence-corrected chi connectivity index (χ0v) is 15.1. The smallest absolute Gasteiger partial charge is 0.275 e. The molecule has 0 bridgehead atoms. The Morgan fingerprint density at radius 3 is 2.70 bits per heavy atom. The fraction of sp³-hybridized carbons (Fsp3) is 0.0667. The van der Waals surface area contributed by atoms with Crippen LogP contribution in [-0.4, -0.2) is 29.4 Å². The molecule has 2 aromatic rings. The van der Waals surface area contributed by atoms with E-state index in [0.29, 0.717) is 14.5 Å². The van der Waals surface area contributed by atoms with Gasteiger partial charge in [0.15, 0.2) is 11.5 Å². The van der Waals surface area contributed by atoms with E-state index in [4.69, 9.17) is 4.74 Å². The summed E-state index contributed by atoms with van der Waals surface area (Å²) in [5.41, 5.74) is 3.02. The molecular weight excluding hydrogens is 432 g/mol. The number of carbonyl (C=O) groups is 1. The van der Waals surface area contributed by atoms with Crippen LogP contribution >= 0.6 is 31.9 Å². The molecule has 0 saturated heterocycles. The van der Waals surface area contributed by atoms with E-state index in [9.17, 15) is 15.0 Å². The molecule has 2 rings (SSSR count). The molecule has 0 atom stereocenters. The second kappa shape index (κ2) is 7.47. The molecule has 120 valence electrons. The molecule has 0 fully saturated rings. The van der Waals surface area contributed by atoms with Crippen molar-refractivity contribution in [1.82, 2.24) is 5.43 Å². The molecule has 0 aliphatic carbocycles. The third-order valence-corrected chi connectivity index (χ3v) is 3.95. The number of phenolic OH excluding ortho intramolecular Hbond substituents is 2. The van der Waals surface area contributed by atoms with Gasteiger partial charge < -0.3 is 14.9 Å². The Balaban J connectivity index is 2.14. The van der Waals surface area contributed by atoms with Crippen molar-refractivity contribution >= 4 is 44.0 Å². The molecule has 0 saturated carbocycles. The monoisotopic (exact) mass is 442 g/mol. The Labute approximate surface area is 149 Å². The molecule has 0 heterocycles. The van der Waals surface area contributed by atoms with Crippen molar-refractivity contribution in [3.8, 4) is 17.2 Å². The number of halogens is 2. The van der Waals surface area contributed by atoms with Crippen LogP contribution in [0, 0.1) is 0 Å². The number of hydrogen-bond acceptors (Lipinski definition) is 5. The fourth-order valence-electron chi connectivity index (χ4n) is 1.74. The molecule has 6 nitrogen and oxygen atoms in total. The SMILES string of the molecule is COc1cc(/C=N/NC(=O)c2cc(Br)ccc2O)cc(Br)c1O. The van der Waals surface area contributed by atoms with Crippen LogP contribution in [0.2, 0.25) is 0 Å². The van der Waals surface area contributed by atoms with Gasteiger partial charge in [-0.1, -0.05) is 15.9 Å². The van der Waals surface area contributed by atoms with Crippen molar-refractivity contribution in [1.29, 1.82) is 0 Å². The molecule has 3 N–H and O–H groups in total. The van der Waals surface area contributed by atoms with Gasteiger partial charge >= 0.3 is 0 Å². The van der Waals surface area contributed by atoms with Gasteiger partial charge in [0.2, 0.25) is 0 Å². The molecule has 0 aliphatic heterocycles. The van der Waals surface area contributed by atoms with Crippen LogP contribution in [0.1, 0.15) is 15.9 Å². The summed E-state index contributed by atoms with van der Waals surface area (Å²) < 4.78 is 6.13. The summed E-state index contributed by atoms with van der Waals surface area (Å²) in [4.78, 5) is 12.0. The highest BCUT2D eigenvalue weighted by atomic mass is 79.9. The van der Waals surface area contributed by atoms with Crippen molar-refractivity contribution in [3.05, 3.63) is 50.4 Å². The van der Waals surface area contributed by atoms with Crippen LogP contribution in [0.15, 0.2) is 44.4 Å². The molecule has 2 aromatic carbocycles. The van der Waals surface area contributed by atoms with E-state index in [1.54, 1.807) is 18.2 Å². The van der Waals surface area contributed by atoms with Gasteiger partial charge in [-0.3, -0.25) is 4.79 Å². The molecule has 0 unspecified atom stereocenters. The average Bonchev–Trinajstić information content (AvgIpc) is 2.52. The number of amides is 1. The number of hydrazone groups is 1. The fourth-order valence-corrected chi connectivity index (χ4v) is 2.56. The van der Waals surface area contributed by atoms with E-state index < -0.39 is 5.91 Å². The number of carbonyl (C=O) groups excluding carboxylic acids is 1. The van der Waals surface area contributed by atoms with Crippen molar-refractivity contribution < 1.29 is 19.7 Å². The highest BCUT2D eigenvalue weighted by Gasteiger charge is 2.11.